The van der Waals surface area contributed by atoms with Crippen LogP contribution < -0.4 is 0 Å². The number of rotatable bonds is 5. The van der Waals surface area contributed by atoms with E-state index in [1.165, 1.54) is 0 Å². The highest BCUT2D eigenvalue weighted by Crippen LogP contribution is 2.62. The normalized spacial score (nSPS) is 31.6. The van der Waals surface area contributed by atoms with Gasteiger partial charge in [-0.15, -0.1) is 6.58 Å². The molecule has 2 bridgehead atoms. The van der Waals surface area contributed by atoms with E-state index < -0.39 is 11.1 Å². The number of aldehydes is 1. The number of fused-ring (bicyclic) bond motifs is 1. The molecule has 1 aliphatic carbocycles. The van der Waals surface area contributed by atoms with Crippen LogP contribution in [0.5, 0.6) is 0 Å². The summed E-state index contributed by atoms with van der Waals surface area (Å²) in [6.07, 6.45) is 5.57. The highest BCUT2D eigenvalue weighted by molar-refractivity contribution is 6.04. The molecule has 6 heterocycles. The minimum absolute atomic E-state index is 0.0152. The Morgan fingerprint density at radius 2 is 1.64 bits per heavy atom. The Morgan fingerprint density at radius 1 is 1.00 bits per heavy atom. The molecule has 2 spiro atoms. The fraction of sp³-hybridized carbons (Fsp3) is 0.525. The number of hydrogen-bond donors (Lipinski definition) is 0. The number of nitrogens with zero attached hydrogens (tertiary/aromatic N) is 4. The summed E-state index contributed by atoms with van der Waals surface area (Å²) in [6, 6.07) is 19.9. The molecule has 2 unspecified atom stereocenters. The monoisotopic (exact) mass is 682 g/mol. The fourth-order valence-electron chi connectivity index (χ4n) is 8.55. The minimum Gasteiger partial charge on any atom is -0.483 e. The van der Waals surface area contributed by atoms with Gasteiger partial charge in [-0.3, -0.25) is 19.5 Å². The van der Waals surface area contributed by atoms with Crippen LogP contribution in [0.4, 0.5) is 0 Å². The molecule has 0 aromatic heterocycles. The Morgan fingerprint density at radius 3 is 2.22 bits per heavy atom. The van der Waals surface area contributed by atoms with Gasteiger partial charge in [0.15, 0.2) is 12.5 Å². The smallest absolute Gasteiger partial charge is 0.254 e. The summed E-state index contributed by atoms with van der Waals surface area (Å²) in [6.45, 7) is 15.0. The van der Waals surface area contributed by atoms with Crippen LogP contribution >= 0.6 is 0 Å². The van der Waals surface area contributed by atoms with Crippen LogP contribution in [0.1, 0.15) is 83.9 Å². The van der Waals surface area contributed by atoms with Gasteiger partial charge < -0.3 is 23.9 Å². The molecule has 2 aromatic carbocycles. The molecular weight excluding hydrogens is 632 g/mol. The molecule has 9 rings (SSSR count). The first-order chi connectivity index (χ1) is 23.8. The fourth-order valence-corrected chi connectivity index (χ4v) is 8.55. The largest absolute Gasteiger partial charge is 0.483 e. The summed E-state index contributed by atoms with van der Waals surface area (Å²) in [4.78, 5) is 48.7. The molecule has 7 aliphatic rings. The number of carbonyl (C=O) groups is 3. The Bertz CT molecular complexity index is 1670. The van der Waals surface area contributed by atoms with Crippen molar-refractivity contribution in [3.63, 3.8) is 0 Å². The van der Waals surface area contributed by atoms with E-state index in [4.69, 9.17) is 19.2 Å². The van der Waals surface area contributed by atoms with Crippen molar-refractivity contribution in [2.45, 2.75) is 89.9 Å². The van der Waals surface area contributed by atoms with Crippen LogP contribution in [0.3, 0.4) is 0 Å². The first-order valence-corrected chi connectivity index (χ1v) is 17.5. The number of methoxy groups -OCH3 is 1. The molecule has 1 saturated carbocycles. The van der Waals surface area contributed by atoms with E-state index in [0.717, 1.165) is 48.8 Å². The molecule has 0 radical (unpaired) electrons. The zero-order valence-corrected chi connectivity index (χ0v) is 30.1. The Labute approximate surface area is 295 Å². The third-order valence-electron chi connectivity index (χ3n) is 10.9. The van der Waals surface area contributed by atoms with Crippen LogP contribution in [0, 0.1) is 16.7 Å². The highest BCUT2D eigenvalue weighted by Gasteiger charge is 2.73. The molecule has 50 heavy (non-hydrogen) atoms. The number of ether oxygens (including phenoxy) is 3. The van der Waals surface area contributed by atoms with Crippen LogP contribution in [0.2, 0.25) is 0 Å². The Hall–Kier alpha value is -4.15. The predicted molar refractivity (Wildman–Crippen MR) is 191 cm³/mol. The summed E-state index contributed by atoms with van der Waals surface area (Å²) in [7, 11) is 1.67. The summed E-state index contributed by atoms with van der Waals surface area (Å²) in [5.41, 5.74) is 1.73. The van der Waals surface area contributed by atoms with Crippen LogP contribution in [-0.2, 0) is 28.6 Å². The van der Waals surface area contributed by atoms with Crippen molar-refractivity contribution in [1.82, 2.24) is 9.80 Å². The summed E-state index contributed by atoms with van der Waals surface area (Å²) in [5.74, 6) is 1.14. The SMILES string of the molecule is C=CCC(C)(C)C=O.CC1=NCC(=O)N2[C@@H](c3ccccc3)OC[C@@H]12.COC1=NC23CC(C)(C)C[C@@H]2CC12CO[C@H](c1ccccc1)N2C3=O. The van der Waals surface area contributed by atoms with Gasteiger partial charge in [-0.1, -0.05) is 94.4 Å². The zero-order valence-electron chi connectivity index (χ0n) is 30.1. The molecule has 2 amide bonds. The number of allylic oxidation sites excluding steroid dienone is 1. The lowest BCUT2D eigenvalue weighted by Crippen LogP contribution is -2.72. The summed E-state index contributed by atoms with van der Waals surface area (Å²) >= 11 is 0. The van der Waals surface area contributed by atoms with Crippen molar-refractivity contribution in [3.8, 4) is 0 Å². The van der Waals surface area contributed by atoms with Crippen molar-refractivity contribution >= 4 is 29.7 Å². The van der Waals surface area contributed by atoms with Crippen LogP contribution in [0.25, 0.3) is 0 Å². The minimum atomic E-state index is -0.669. The lowest BCUT2D eigenvalue weighted by atomic mass is 9.68. The molecule has 2 aromatic rings. The van der Waals surface area contributed by atoms with Crippen molar-refractivity contribution in [3.05, 3.63) is 84.4 Å². The average molecular weight is 683 g/mol. The number of amides is 2. The predicted octanol–water partition coefficient (Wildman–Crippen LogP) is 6.09. The molecule has 4 fully saturated rings. The van der Waals surface area contributed by atoms with Gasteiger partial charge in [0.25, 0.3) is 5.91 Å². The molecule has 266 valence electrons. The van der Waals surface area contributed by atoms with Gasteiger partial charge in [-0.2, -0.15) is 0 Å². The summed E-state index contributed by atoms with van der Waals surface area (Å²) in [5, 5.41) is 0. The van der Waals surface area contributed by atoms with Gasteiger partial charge in [0.05, 0.1) is 26.4 Å². The van der Waals surface area contributed by atoms with Crippen LogP contribution in [0.15, 0.2) is 83.3 Å². The second-order valence-electron chi connectivity index (χ2n) is 15.7. The van der Waals surface area contributed by atoms with Gasteiger partial charge >= 0.3 is 0 Å². The quantitative estimate of drug-likeness (QED) is 0.279. The molecular formula is C40H50N4O6. The lowest BCUT2D eigenvalue weighted by molar-refractivity contribution is -0.155. The first-order valence-electron chi connectivity index (χ1n) is 17.5. The van der Waals surface area contributed by atoms with Gasteiger partial charge in [0.1, 0.15) is 23.9 Å². The molecule has 10 heteroatoms. The van der Waals surface area contributed by atoms with E-state index in [0.29, 0.717) is 19.1 Å². The molecule has 6 atom stereocenters. The van der Waals surface area contributed by atoms with E-state index in [1.807, 2.05) is 91.2 Å². The molecule has 10 nitrogen and oxygen atoms in total. The van der Waals surface area contributed by atoms with Crippen molar-refractivity contribution < 1.29 is 28.6 Å². The third-order valence-corrected chi connectivity index (χ3v) is 10.9. The van der Waals surface area contributed by atoms with E-state index in [2.05, 4.69) is 25.4 Å². The highest BCUT2D eigenvalue weighted by atomic mass is 16.5. The number of hydrogen-bond acceptors (Lipinski definition) is 8. The van der Waals surface area contributed by atoms with Crippen molar-refractivity contribution in [2.24, 2.45) is 26.7 Å². The second kappa shape index (κ2) is 13.5. The first kappa shape index (κ1) is 35.7. The number of aliphatic imine (C=N–C) groups is 2. The third kappa shape index (κ3) is 6.21. The van der Waals surface area contributed by atoms with Gasteiger partial charge in [-0.05, 0) is 43.9 Å². The van der Waals surface area contributed by atoms with Gasteiger partial charge in [-0.25, -0.2) is 4.99 Å². The molecule has 3 saturated heterocycles. The zero-order chi connectivity index (χ0) is 35.9. The maximum atomic E-state index is 13.7. The maximum Gasteiger partial charge on any atom is 0.254 e. The Kier molecular flexibility index (Phi) is 9.65. The van der Waals surface area contributed by atoms with E-state index in [-0.39, 0.29) is 53.6 Å². The second-order valence-corrected chi connectivity index (χ2v) is 15.7. The molecule has 0 N–H and O–H groups in total. The standard InChI is InChI=1S/C20H24N2O3.C13H14N2O2.C7H12O/c1-18(2)9-14-10-19-12-25-15(13-7-5-4-6-8-13)22(19)17(23)20(14,11-18)21-16(19)24-3;1-9-11-8-17-13(10-5-3-2-4-6-10)15(11)12(16)7-14-9;1-4-5-7(2,3)6-8/h4-8,14-15H,9-12H2,1-3H3;2-6,11,13H,7-8H2,1H3;4,6H,1,5H2,2-3H3/t14-,15-,19?,20?;11-,13+;/m10./s1. The number of benzene rings is 2. The van der Waals surface area contributed by atoms with E-state index in [9.17, 15) is 14.4 Å². The van der Waals surface area contributed by atoms with Gasteiger partial charge in [0.2, 0.25) is 11.8 Å². The Balaban J connectivity index is 0.000000149. The van der Waals surface area contributed by atoms with E-state index >= 15 is 0 Å². The van der Waals surface area contributed by atoms with Gasteiger partial charge in [0, 0.05) is 22.3 Å². The number of piperidine rings is 1. The lowest BCUT2D eigenvalue weighted by Gasteiger charge is -2.54. The topological polar surface area (TPSA) is 110 Å². The number of carbonyl (C=O) groups excluding carboxylic acids is 3. The maximum absolute atomic E-state index is 13.7. The summed E-state index contributed by atoms with van der Waals surface area (Å²) < 4.78 is 17.6. The van der Waals surface area contributed by atoms with E-state index in [1.54, 1.807) is 13.2 Å². The average Bonchev–Trinajstić information content (AvgIpc) is 3.80. The molecule has 6 aliphatic heterocycles. The van der Waals surface area contributed by atoms with Crippen molar-refractivity contribution in [2.75, 3.05) is 26.9 Å². The van der Waals surface area contributed by atoms with Crippen molar-refractivity contribution in [1.29, 1.82) is 0 Å². The van der Waals surface area contributed by atoms with Crippen LogP contribution in [-0.4, -0.2) is 83.5 Å².